The molecule has 1 unspecified atom stereocenters. The molecule has 5 amide bonds. The van der Waals surface area contributed by atoms with Crippen molar-refractivity contribution in [3.05, 3.63) is 47.5 Å². The van der Waals surface area contributed by atoms with E-state index >= 15 is 0 Å². The monoisotopic (exact) mass is 776 g/mol. The first-order chi connectivity index (χ1) is 25.7. The van der Waals surface area contributed by atoms with Gasteiger partial charge in [-0.3, -0.25) is 19.3 Å². The quantitative estimate of drug-likeness (QED) is 0.366. The molecule has 4 heterocycles. The van der Waals surface area contributed by atoms with Crippen molar-refractivity contribution in [3.8, 4) is 0 Å². The first kappa shape index (κ1) is 38.0. The van der Waals surface area contributed by atoms with E-state index in [0.29, 0.717) is 43.1 Å². The molecular weight excluding hydrogens is 730 g/mol. The Kier molecular flexibility index (Phi) is 10.6. The minimum atomic E-state index is -4.64. The highest BCUT2D eigenvalue weighted by molar-refractivity contribution is 7.87. The molecule has 2 saturated heterocycles. The number of benzene rings is 1. The van der Waals surface area contributed by atoms with Crippen molar-refractivity contribution in [1.82, 2.24) is 29.5 Å². The summed E-state index contributed by atoms with van der Waals surface area (Å²) in [5, 5.41) is 5.42. The van der Waals surface area contributed by atoms with E-state index in [1.54, 1.807) is 6.08 Å². The first-order valence-electron chi connectivity index (χ1n) is 18.7. The van der Waals surface area contributed by atoms with E-state index in [-0.39, 0.29) is 31.9 Å². The third-order valence-electron chi connectivity index (χ3n) is 11.3. The van der Waals surface area contributed by atoms with Crippen LogP contribution in [0, 0.1) is 5.92 Å². The zero-order valence-corrected chi connectivity index (χ0v) is 30.7. The van der Waals surface area contributed by atoms with Gasteiger partial charge in [0, 0.05) is 25.4 Å². The number of fused-ring (bicyclic) bond motifs is 3. The van der Waals surface area contributed by atoms with E-state index in [1.807, 2.05) is 35.1 Å². The average Bonchev–Trinajstić information content (AvgIpc) is 3.52. The topological polar surface area (TPSA) is 184 Å². The van der Waals surface area contributed by atoms with Gasteiger partial charge in [-0.05, 0) is 62.5 Å². The molecule has 5 atom stereocenters. The Morgan fingerprint density at radius 1 is 0.907 bits per heavy atom. The predicted molar refractivity (Wildman–Crippen MR) is 187 cm³/mol. The Morgan fingerprint density at radius 3 is 2.28 bits per heavy atom. The molecule has 0 radical (unpaired) electrons. The van der Waals surface area contributed by atoms with Crippen LogP contribution in [0.4, 0.5) is 18.4 Å². The fourth-order valence-electron chi connectivity index (χ4n) is 8.09. The van der Waals surface area contributed by atoms with E-state index in [0.717, 1.165) is 36.8 Å². The van der Waals surface area contributed by atoms with Crippen molar-refractivity contribution in [2.24, 2.45) is 5.92 Å². The van der Waals surface area contributed by atoms with Gasteiger partial charge in [0.05, 0.1) is 19.6 Å². The fraction of sp³-hybridized carbons (Fsp3) is 0.639. The van der Waals surface area contributed by atoms with Gasteiger partial charge in [0.1, 0.15) is 29.8 Å². The fourth-order valence-corrected chi connectivity index (χ4v) is 9.35. The summed E-state index contributed by atoms with van der Waals surface area (Å²) in [7, 11) is -4.64. The lowest BCUT2D eigenvalue weighted by Crippen LogP contribution is -2.64. The van der Waals surface area contributed by atoms with Gasteiger partial charge in [-0.25, -0.2) is 23.1 Å². The Bertz CT molecular complexity index is 1770. The summed E-state index contributed by atoms with van der Waals surface area (Å²) in [5.41, 5.74) is 0.202. The van der Waals surface area contributed by atoms with Crippen LogP contribution < -0.4 is 15.4 Å². The molecule has 2 saturated carbocycles. The zero-order valence-electron chi connectivity index (χ0n) is 29.8. The molecular formula is C36H46F2N6O9S. The highest BCUT2D eigenvalue weighted by atomic mass is 32.2. The molecule has 15 nitrogen and oxygen atoms in total. The number of halogens is 2. The van der Waals surface area contributed by atoms with Gasteiger partial charge in [0.15, 0.2) is 0 Å². The maximum atomic E-state index is 14.4. The minimum absolute atomic E-state index is 0.0263. The first-order valence-corrected chi connectivity index (χ1v) is 20.2. The van der Waals surface area contributed by atoms with Crippen LogP contribution in [0.2, 0.25) is 0 Å². The smallest absolute Gasteiger partial charge is 0.410 e. The number of nitrogens with one attached hydrogen (secondary N) is 3. The Hall–Kier alpha value is -4.32. The SMILES string of the molecule is O=C(N[C@H]1CCCCC/C=C\[C@@H]2C[C@@]2(C(=O)NS(=O)(=O)N2CC(F)(F)C2)NC(=O)C2C[C@@H](OC(=O)N3Cc4ccccc4C3)CN2C1=O)OC1CCCC1. The van der Waals surface area contributed by atoms with Gasteiger partial charge < -0.3 is 25.0 Å². The highest BCUT2D eigenvalue weighted by Gasteiger charge is 2.62. The number of amides is 5. The van der Waals surface area contributed by atoms with Crippen molar-refractivity contribution >= 4 is 40.1 Å². The number of carbonyl (C=O) groups excluding carboxylic acids is 5. The van der Waals surface area contributed by atoms with Crippen LogP contribution in [0.25, 0.3) is 0 Å². The lowest BCUT2D eigenvalue weighted by molar-refractivity contribution is -0.141. The number of carbonyl (C=O) groups is 5. The molecule has 1 aromatic carbocycles. The molecule has 1 aromatic rings. The largest absolute Gasteiger partial charge is 0.446 e. The molecule has 2 aliphatic carbocycles. The molecule has 7 rings (SSSR count). The normalized spacial score (nSPS) is 30.7. The Balaban J connectivity index is 1.12. The second-order valence-electron chi connectivity index (χ2n) is 15.3. The van der Waals surface area contributed by atoms with E-state index < -0.39 is 88.8 Å². The molecule has 0 spiro atoms. The minimum Gasteiger partial charge on any atom is -0.446 e. The second-order valence-corrected chi connectivity index (χ2v) is 16.9. The molecule has 294 valence electrons. The summed E-state index contributed by atoms with van der Waals surface area (Å²) in [5.74, 6) is -6.31. The van der Waals surface area contributed by atoms with E-state index in [4.69, 9.17) is 9.47 Å². The van der Waals surface area contributed by atoms with Crippen LogP contribution in [-0.4, -0.2) is 108 Å². The Morgan fingerprint density at radius 2 is 1.59 bits per heavy atom. The van der Waals surface area contributed by atoms with Crippen LogP contribution in [0.15, 0.2) is 36.4 Å². The molecule has 18 heteroatoms. The molecule has 0 bridgehead atoms. The summed E-state index contributed by atoms with van der Waals surface area (Å²) in [6, 6.07) is 5.24. The lowest BCUT2D eigenvalue weighted by atomic mass is 10.0. The molecule has 4 aliphatic heterocycles. The van der Waals surface area contributed by atoms with E-state index in [9.17, 15) is 41.2 Å². The van der Waals surface area contributed by atoms with Crippen molar-refractivity contribution in [2.75, 3.05) is 19.6 Å². The number of hydrogen-bond donors (Lipinski definition) is 3. The third kappa shape index (κ3) is 8.18. The number of allylic oxidation sites excluding steroid dienone is 1. The number of alkyl halides is 2. The van der Waals surface area contributed by atoms with Crippen LogP contribution >= 0.6 is 0 Å². The number of alkyl carbamates (subject to hydrolysis) is 1. The predicted octanol–water partition coefficient (Wildman–Crippen LogP) is 2.85. The van der Waals surface area contributed by atoms with Crippen LogP contribution in [0.1, 0.15) is 81.8 Å². The molecule has 0 aromatic heterocycles. The second kappa shape index (κ2) is 15.1. The summed E-state index contributed by atoms with van der Waals surface area (Å²) < 4.78 is 66.5. The average molecular weight is 777 g/mol. The summed E-state index contributed by atoms with van der Waals surface area (Å²) in [4.78, 5) is 71.4. The van der Waals surface area contributed by atoms with Crippen molar-refractivity contribution in [3.63, 3.8) is 0 Å². The van der Waals surface area contributed by atoms with Gasteiger partial charge in [-0.1, -0.05) is 49.3 Å². The summed E-state index contributed by atoms with van der Waals surface area (Å²) in [6.07, 6.45) is 7.05. The summed E-state index contributed by atoms with van der Waals surface area (Å²) >= 11 is 0. The number of rotatable bonds is 6. The van der Waals surface area contributed by atoms with Gasteiger partial charge >= 0.3 is 22.4 Å². The molecule has 4 fully saturated rings. The molecule has 3 N–H and O–H groups in total. The number of nitrogens with zero attached hydrogens (tertiary/aromatic N) is 3. The molecule has 54 heavy (non-hydrogen) atoms. The Labute approximate surface area is 312 Å². The standard InChI is InChI=1S/C36H46F2N6O9S/c37-35(38)21-43(22-35)54(50,51)41-32(47)36-17-25(36)12-4-2-1-3-5-15-28(39-33(48)52-26-13-8-9-14-26)31(46)44-20-27(16-29(44)30(45)40-36)53-34(49)42-18-23-10-6-7-11-24(23)19-42/h4,6-7,10-12,25-29H,1-3,5,8-9,13-22H2,(H,39,48)(H,40,45)(H,41,47)/b12-4-/t25-,27-,28+,29?,36-/m1/s1. The third-order valence-corrected chi connectivity index (χ3v) is 12.6. The number of hydrogen-bond acceptors (Lipinski definition) is 9. The van der Waals surface area contributed by atoms with Crippen LogP contribution in [0.5, 0.6) is 0 Å². The van der Waals surface area contributed by atoms with Gasteiger partial charge in [-0.2, -0.15) is 12.7 Å². The highest BCUT2D eigenvalue weighted by Crippen LogP contribution is 2.46. The van der Waals surface area contributed by atoms with Gasteiger partial charge in [0.25, 0.3) is 11.8 Å². The van der Waals surface area contributed by atoms with Crippen molar-refractivity contribution in [1.29, 1.82) is 0 Å². The van der Waals surface area contributed by atoms with E-state index in [2.05, 4.69) is 10.6 Å². The van der Waals surface area contributed by atoms with Crippen LogP contribution in [-0.2, 0) is 47.2 Å². The van der Waals surface area contributed by atoms with Gasteiger partial charge in [0.2, 0.25) is 11.8 Å². The molecule has 6 aliphatic rings. The summed E-state index contributed by atoms with van der Waals surface area (Å²) in [6.45, 7) is -1.68. The van der Waals surface area contributed by atoms with E-state index in [1.165, 1.54) is 9.80 Å². The van der Waals surface area contributed by atoms with Crippen molar-refractivity contribution in [2.45, 2.75) is 119 Å². The number of ether oxygens (including phenoxy) is 2. The maximum Gasteiger partial charge on any atom is 0.410 e. The zero-order chi connectivity index (χ0) is 38.3. The lowest BCUT2D eigenvalue weighted by Gasteiger charge is -2.37. The maximum absolute atomic E-state index is 14.4. The van der Waals surface area contributed by atoms with Gasteiger partial charge in [-0.15, -0.1) is 0 Å². The van der Waals surface area contributed by atoms with Crippen molar-refractivity contribution < 1.29 is 50.6 Å². The van der Waals surface area contributed by atoms with Crippen LogP contribution in [0.3, 0.4) is 0 Å².